The van der Waals surface area contributed by atoms with Crippen LogP contribution in [0.5, 0.6) is 5.75 Å². The number of phenols is 1. The van der Waals surface area contributed by atoms with Crippen LogP contribution in [0.2, 0.25) is 0 Å². The van der Waals surface area contributed by atoms with Gasteiger partial charge in [0, 0.05) is 54.3 Å². The van der Waals surface area contributed by atoms with Gasteiger partial charge in [-0.1, -0.05) is 30.3 Å². The summed E-state index contributed by atoms with van der Waals surface area (Å²) < 4.78 is 14.0. The lowest BCUT2D eigenvalue weighted by molar-refractivity contribution is 0.469. The Bertz CT molecular complexity index is 2000. The van der Waals surface area contributed by atoms with Gasteiger partial charge < -0.3 is 15.4 Å². The molecule has 7 rings (SSSR count). The van der Waals surface area contributed by atoms with Crippen LogP contribution in [0.3, 0.4) is 0 Å². The van der Waals surface area contributed by atoms with E-state index in [-0.39, 0.29) is 5.75 Å². The number of pyridine rings is 3. The monoisotopic (exact) mass is 542 g/mol. The van der Waals surface area contributed by atoms with E-state index in [0.717, 1.165) is 40.3 Å². The molecule has 200 valence electrons. The molecular formula is C31H23FN8O. The number of phenolic OH excluding ortho intramolecular Hbond substituents is 1. The largest absolute Gasteiger partial charge is 0.508 e. The number of nitrogens with one attached hydrogen (secondary N) is 3. The van der Waals surface area contributed by atoms with Crippen LogP contribution in [0.15, 0.2) is 91.5 Å². The molecule has 0 saturated heterocycles. The fourth-order valence-electron chi connectivity index (χ4n) is 4.92. The SMILES string of the molecule is Oc1cc(F)cc(-c2ccnc3nc(-c4n[nH]c5cnc(-c6cncc(CNCc7ccccc7)c6)cc45)[nH]c23)c1. The molecule has 0 saturated carbocycles. The molecule has 0 atom stereocenters. The molecule has 0 unspecified atom stereocenters. The fourth-order valence-corrected chi connectivity index (χ4v) is 4.92. The van der Waals surface area contributed by atoms with Crippen LogP contribution in [0.1, 0.15) is 11.1 Å². The third kappa shape index (κ3) is 4.88. The number of halogens is 1. The lowest BCUT2D eigenvalue weighted by Crippen LogP contribution is -2.12. The number of aromatic amines is 2. The smallest absolute Gasteiger partial charge is 0.178 e. The van der Waals surface area contributed by atoms with E-state index in [0.29, 0.717) is 40.4 Å². The van der Waals surface area contributed by atoms with Crippen LogP contribution in [-0.2, 0) is 13.1 Å². The Balaban J connectivity index is 1.21. The first-order chi connectivity index (χ1) is 20.1. The second-order valence-electron chi connectivity index (χ2n) is 9.70. The zero-order valence-electron chi connectivity index (χ0n) is 21.6. The molecule has 0 aliphatic carbocycles. The molecule has 0 aliphatic rings. The summed E-state index contributed by atoms with van der Waals surface area (Å²) in [6.45, 7) is 1.44. The van der Waals surface area contributed by atoms with Gasteiger partial charge in [-0.2, -0.15) is 5.10 Å². The molecule has 5 aromatic heterocycles. The lowest BCUT2D eigenvalue weighted by Gasteiger charge is -2.07. The Morgan fingerprint density at radius 2 is 1.73 bits per heavy atom. The molecule has 41 heavy (non-hydrogen) atoms. The standard InChI is InChI=1S/C31H23FN8O/c32-22-9-20(10-23(41)11-22)24-6-7-35-30-28(24)37-31(38-30)29-25-12-26(36-17-27(25)39-40-29)21-8-19(15-34-16-21)14-33-13-18-4-2-1-3-5-18/h1-12,15-17,33,41H,13-14H2,(H,39,40)(H,35,37,38). The number of hydrogen-bond donors (Lipinski definition) is 4. The Morgan fingerprint density at radius 1 is 0.854 bits per heavy atom. The number of H-pyrrole nitrogens is 2. The first-order valence-electron chi connectivity index (χ1n) is 13.0. The molecule has 0 radical (unpaired) electrons. The summed E-state index contributed by atoms with van der Waals surface area (Å²) in [5.41, 5.74) is 7.49. The zero-order chi connectivity index (χ0) is 27.8. The molecule has 0 amide bonds. The van der Waals surface area contributed by atoms with Crippen LogP contribution in [0.25, 0.3) is 56.0 Å². The highest BCUT2D eigenvalue weighted by Gasteiger charge is 2.17. The van der Waals surface area contributed by atoms with Crippen molar-refractivity contribution in [2.75, 3.05) is 0 Å². The van der Waals surface area contributed by atoms with Crippen LogP contribution < -0.4 is 5.32 Å². The van der Waals surface area contributed by atoms with Gasteiger partial charge in [0.15, 0.2) is 11.5 Å². The van der Waals surface area contributed by atoms with Gasteiger partial charge in [-0.3, -0.25) is 15.1 Å². The van der Waals surface area contributed by atoms with E-state index in [4.69, 9.17) is 0 Å². The predicted octanol–water partition coefficient (Wildman–Crippen LogP) is 5.76. The average molecular weight is 543 g/mol. The summed E-state index contributed by atoms with van der Waals surface area (Å²) in [7, 11) is 0. The van der Waals surface area contributed by atoms with Gasteiger partial charge in [-0.05, 0) is 47.0 Å². The molecule has 0 bridgehead atoms. The summed E-state index contributed by atoms with van der Waals surface area (Å²) in [5.74, 6) is -0.192. The molecule has 5 heterocycles. The van der Waals surface area contributed by atoms with Gasteiger partial charge in [0.1, 0.15) is 17.3 Å². The van der Waals surface area contributed by atoms with Crippen LogP contribution >= 0.6 is 0 Å². The highest BCUT2D eigenvalue weighted by Crippen LogP contribution is 2.33. The summed E-state index contributed by atoms with van der Waals surface area (Å²) in [6.07, 6.45) is 6.98. The zero-order valence-corrected chi connectivity index (χ0v) is 21.6. The number of fused-ring (bicyclic) bond motifs is 2. The van der Waals surface area contributed by atoms with Gasteiger partial charge in [-0.25, -0.2) is 14.4 Å². The third-order valence-electron chi connectivity index (χ3n) is 6.85. The minimum atomic E-state index is -0.534. The van der Waals surface area contributed by atoms with E-state index in [1.165, 1.54) is 17.7 Å². The Morgan fingerprint density at radius 3 is 2.61 bits per heavy atom. The number of hydrogen-bond acceptors (Lipinski definition) is 7. The van der Waals surface area contributed by atoms with Crippen LogP contribution in [0.4, 0.5) is 4.39 Å². The number of rotatable bonds is 7. The van der Waals surface area contributed by atoms with Crippen molar-refractivity contribution in [2.24, 2.45) is 0 Å². The highest BCUT2D eigenvalue weighted by molar-refractivity contribution is 5.96. The molecule has 9 nitrogen and oxygen atoms in total. The first kappa shape index (κ1) is 24.6. The highest BCUT2D eigenvalue weighted by atomic mass is 19.1. The van der Waals surface area contributed by atoms with Gasteiger partial charge >= 0.3 is 0 Å². The Labute approximate surface area is 233 Å². The average Bonchev–Trinajstić information content (AvgIpc) is 3.61. The molecule has 2 aromatic carbocycles. The van der Waals surface area contributed by atoms with Crippen molar-refractivity contribution in [2.45, 2.75) is 13.1 Å². The molecule has 0 fully saturated rings. The van der Waals surface area contributed by atoms with Gasteiger partial charge in [0.25, 0.3) is 0 Å². The fraction of sp³-hybridized carbons (Fsp3) is 0.0645. The summed E-state index contributed by atoms with van der Waals surface area (Å²) in [4.78, 5) is 21.4. The molecule has 0 aliphatic heterocycles. The van der Waals surface area contributed by atoms with Crippen molar-refractivity contribution in [3.63, 3.8) is 0 Å². The second-order valence-corrected chi connectivity index (χ2v) is 9.70. The molecule has 10 heteroatoms. The maximum Gasteiger partial charge on any atom is 0.178 e. The predicted molar refractivity (Wildman–Crippen MR) is 154 cm³/mol. The lowest BCUT2D eigenvalue weighted by atomic mass is 10.1. The third-order valence-corrected chi connectivity index (χ3v) is 6.85. The normalized spacial score (nSPS) is 11.4. The van der Waals surface area contributed by atoms with Crippen molar-refractivity contribution in [1.29, 1.82) is 0 Å². The van der Waals surface area contributed by atoms with E-state index in [2.05, 4.69) is 58.6 Å². The second kappa shape index (κ2) is 10.2. The Hall–Kier alpha value is -5.48. The quantitative estimate of drug-likeness (QED) is 0.202. The van der Waals surface area contributed by atoms with Crippen LogP contribution in [-0.4, -0.2) is 40.2 Å². The molecular weight excluding hydrogens is 519 g/mol. The number of aromatic nitrogens is 7. The van der Waals surface area contributed by atoms with E-state index in [9.17, 15) is 9.50 Å². The maximum absolute atomic E-state index is 14.0. The summed E-state index contributed by atoms with van der Waals surface area (Å²) >= 11 is 0. The minimum Gasteiger partial charge on any atom is -0.508 e. The topological polar surface area (TPSA) is 128 Å². The summed E-state index contributed by atoms with van der Waals surface area (Å²) in [5, 5.41) is 21.7. The van der Waals surface area contributed by atoms with E-state index < -0.39 is 5.82 Å². The van der Waals surface area contributed by atoms with E-state index in [1.54, 1.807) is 24.7 Å². The molecule has 4 N–H and O–H groups in total. The van der Waals surface area contributed by atoms with Crippen molar-refractivity contribution in [3.05, 3.63) is 108 Å². The van der Waals surface area contributed by atoms with Crippen molar-refractivity contribution < 1.29 is 9.50 Å². The van der Waals surface area contributed by atoms with Crippen molar-refractivity contribution in [3.8, 4) is 39.7 Å². The maximum atomic E-state index is 14.0. The van der Waals surface area contributed by atoms with Crippen molar-refractivity contribution >= 4 is 22.1 Å². The Kier molecular flexibility index (Phi) is 6.14. The first-order valence-corrected chi connectivity index (χ1v) is 13.0. The number of benzene rings is 2. The molecule has 0 spiro atoms. The van der Waals surface area contributed by atoms with Crippen molar-refractivity contribution in [1.82, 2.24) is 40.4 Å². The van der Waals surface area contributed by atoms with Crippen LogP contribution in [0, 0.1) is 5.82 Å². The summed E-state index contributed by atoms with van der Waals surface area (Å²) in [6, 6.07) is 20.0. The van der Waals surface area contributed by atoms with E-state index >= 15 is 0 Å². The van der Waals surface area contributed by atoms with Gasteiger partial charge in [0.05, 0.1) is 22.9 Å². The van der Waals surface area contributed by atoms with E-state index in [1.807, 2.05) is 30.5 Å². The number of aromatic hydroxyl groups is 1. The minimum absolute atomic E-state index is 0.159. The number of imidazole rings is 1. The van der Waals surface area contributed by atoms with Gasteiger partial charge in [-0.15, -0.1) is 0 Å². The van der Waals surface area contributed by atoms with Gasteiger partial charge in [0.2, 0.25) is 0 Å². The molecule has 7 aromatic rings. The number of nitrogens with zero attached hydrogens (tertiary/aromatic N) is 5.